The van der Waals surface area contributed by atoms with E-state index in [1.807, 2.05) is 13.0 Å². The molecule has 1 aromatic heterocycles. The third kappa shape index (κ3) is 3.76. The van der Waals surface area contributed by atoms with Gasteiger partial charge in [-0.3, -0.25) is 0 Å². The van der Waals surface area contributed by atoms with Crippen LogP contribution in [0.15, 0.2) is 36.4 Å². The van der Waals surface area contributed by atoms with Gasteiger partial charge in [-0.05, 0) is 48.4 Å². The predicted molar refractivity (Wildman–Crippen MR) is 103 cm³/mol. The van der Waals surface area contributed by atoms with E-state index in [9.17, 15) is 9.18 Å². The van der Waals surface area contributed by atoms with E-state index in [0.29, 0.717) is 22.0 Å². The largest absolute Gasteiger partial charge is 0.466 e. The number of aryl methyl sites for hydroxylation is 1. The van der Waals surface area contributed by atoms with E-state index in [2.05, 4.69) is 9.72 Å². The molecule has 134 valence electrons. The number of ether oxygens (including phenoxy) is 1. The maximum absolute atomic E-state index is 14.0. The summed E-state index contributed by atoms with van der Waals surface area (Å²) in [5.41, 5.74) is 4.09. The van der Waals surface area contributed by atoms with Crippen LogP contribution in [-0.2, 0) is 16.0 Å². The molecule has 1 N–H and O–H groups in total. The number of benzene rings is 2. The molecule has 3 nitrogen and oxygen atoms in total. The van der Waals surface area contributed by atoms with Gasteiger partial charge in [-0.1, -0.05) is 29.3 Å². The summed E-state index contributed by atoms with van der Waals surface area (Å²) in [5, 5.41) is 1.91. The average molecular weight is 392 g/mol. The molecule has 0 spiro atoms. The number of fused-ring (bicyclic) bond motifs is 1. The number of aromatic nitrogens is 1. The molecular weight excluding hydrogens is 376 g/mol. The zero-order valence-corrected chi connectivity index (χ0v) is 15.7. The molecular formula is C20H16Cl2FNO2. The molecule has 0 atom stereocenters. The lowest BCUT2D eigenvalue weighted by molar-refractivity contribution is -0.134. The van der Waals surface area contributed by atoms with Crippen LogP contribution in [0.2, 0.25) is 10.0 Å². The molecule has 0 amide bonds. The molecule has 0 aliphatic rings. The highest BCUT2D eigenvalue weighted by atomic mass is 35.5. The van der Waals surface area contributed by atoms with Crippen molar-refractivity contribution in [1.82, 2.24) is 4.98 Å². The Hall–Kier alpha value is -2.30. The lowest BCUT2D eigenvalue weighted by atomic mass is 10.0. The maximum Gasteiger partial charge on any atom is 0.330 e. The lowest BCUT2D eigenvalue weighted by Gasteiger charge is -2.04. The highest BCUT2D eigenvalue weighted by Gasteiger charge is 2.14. The second-order valence-corrected chi connectivity index (χ2v) is 6.76. The number of esters is 1. The molecule has 0 saturated heterocycles. The van der Waals surface area contributed by atoms with E-state index < -0.39 is 5.97 Å². The molecule has 0 fully saturated rings. The fourth-order valence-corrected chi connectivity index (χ4v) is 3.34. The van der Waals surface area contributed by atoms with Gasteiger partial charge in [0, 0.05) is 39.2 Å². The summed E-state index contributed by atoms with van der Waals surface area (Å²) >= 11 is 12.2. The van der Waals surface area contributed by atoms with E-state index in [1.54, 1.807) is 12.1 Å². The number of methoxy groups -OCH3 is 1. The monoisotopic (exact) mass is 391 g/mol. The van der Waals surface area contributed by atoms with Crippen molar-refractivity contribution in [3.8, 4) is 0 Å². The average Bonchev–Trinajstić information content (AvgIpc) is 2.91. The Balaban J connectivity index is 2.06. The van der Waals surface area contributed by atoms with Gasteiger partial charge in [0.15, 0.2) is 0 Å². The van der Waals surface area contributed by atoms with Crippen LogP contribution >= 0.6 is 23.2 Å². The van der Waals surface area contributed by atoms with Crippen molar-refractivity contribution in [2.75, 3.05) is 7.11 Å². The van der Waals surface area contributed by atoms with Crippen LogP contribution in [0, 0.1) is 12.7 Å². The van der Waals surface area contributed by atoms with Crippen LogP contribution in [0.1, 0.15) is 22.4 Å². The van der Waals surface area contributed by atoms with E-state index in [4.69, 9.17) is 23.2 Å². The van der Waals surface area contributed by atoms with E-state index in [0.717, 1.165) is 27.7 Å². The van der Waals surface area contributed by atoms with Crippen LogP contribution in [0.5, 0.6) is 0 Å². The highest BCUT2D eigenvalue weighted by molar-refractivity contribution is 6.35. The molecule has 1 heterocycles. The summed E-state index contributed by atoms with van der Waals surface area (Å²) < 4.78 is 18.6. The first-order valence-corrected chi connectivity index (χ1v) is 8.65. The van der Waals surface area contributed by atoms with Gasteiger partial charge >= 0.3 is 5.97 Å². The van der Waals surface area contributed by atoms with Crippen molar-refractivity contribution in [3.05, 3.63) is 74.7 Å². The van der Waals surface area contributed by atoms with Gasteiger partial charge in [0.1, 0.15) is 5.82 Å². The second-order valence-electron chi connectivity index (χ2n) is 5.92. The summed E-state index contributed by atoms with van der Waals surface area (Å²) in [6.07, 6.45) is 3.35. The number of nitrogens with one attached hydrogen (secondary N) is 1. The first-order chi connectivity index (χ1) is 12.4. The normalized spacial score (nSPS) is 11.4. The Kier molecular flexibility index (Phi) is 5.35. The predicted octanol–water partition coefficient (Wildman–Crippen LogP) is 5.70. The zero-order chi connectivity index (χ0) is 18.8. The Morgan fingerprint density at radius 3 is 2.73 bits per heavy atom. The van der Waals surface area contributed by atoms with E-state index >= 15 is 0 Å². The van der Waals surface area contributed by atoms with E-state index in [-0.39, 0.29) is 5.82 Å². The van der Waals surface area contributed by atoms with Crippen LogP contribution < -0.4 is 0 Å². The van der Waals surface area contributed by atoms with Gasteiger partial charge in [0.25, 0.3) is 0 Å². The van der Waals surface area contributed by atoms with Crippen molar-refractivity contribution in [2.24, 2.45) is 0 Å². The topological polar surface area (TPSA) is 42.1 Å². The van der Waals surface area contributed by atoms with Gasteiger partial charge in [0.05, 0.1) is 12.6 Å². The number of H-pyrrole nitrogens is 1. The number of aromatic amines is 1. The fraction of sp³-hybridized carbons (Fsp3) is 0.150. The van der Waals surface area contributed by atoms with Crippen molar-refractivity contribution >= 4 is 46.2 Å². The fourth-order valence-electron chi connectivity index (χ4n) is 2.86. The summed E-state index contributed by atoms with van der Waals surface area (Å²) in [4.78, 5) is 14.7. The summed E-state index contributed by atoms with van der Waals surface area (Å²) in [7, 11) is 1.29. The van der Waals surface area contributed by atoms with Gasteiger partial charge in [-0.2, -0.15) is 0 Å². The molecule has 3 aromatic rings. The SMILES string of the molecule is COC(=O)C=Cc1cc(F)cc2c(C)c(Cc3ccc(Cl)cc3Cl)[nH]c12. The molecule has 0 saturated carbocycles. The standard InChI is InChI=1S/C20H16Cl2FNO2/c1-11-16-10-15(23)7-13(4-6-19(25)26-2)20(16)24-18(11)8-12-3-5-14(21)9-17(12)22/h3-7,9-10,24H,8H2,1-2H3. The van der Waals surface area contributed by atoms with Crippen LogP contribution in [-0.4, -0.2) is 18.1 Å². The van der Waals surface area contributed by atoms with Crippen LogP contribution in [0.25, 0.3) is 17.0 Å². The van der Waals surface area contributed by atoms with Crippen molar-refractivity contribution in [3.63, 3.8) is 0 Å². The van der Waals surface area contributed by atoms with Crippen molar-refractivity contribution in [2.45, 2.75) is 13.3 Å². The molecule has 2 aromatic carbocycles. The number of rotatable bonds is 4. The Labute approximate surface area is 160 Å². The van der Waals surface area contributed by atoms with Crippen LogP contribution in [0.3, 0.4) is 0 Å². The number of hydrogen-bond donors (Lipinski definition) is 1. The summed E-state index contributed by atoms with van der Waals surface area (Å²) in [6, 6.07) is 8.19. The minimum Gasteiger partial charge on any atom is -0.466 e. The van der Waals surface area contributed by atoms with Gasteiger partial charge in [-0.25, -0.2) is 9.18 Å². The third-order valence-electron chi connectivity index (χ3n) is 4.25. The minimum absolute atomic E-state index is 0.375. The minimum atomic E-state index is -0.501. The molecule has 0 unspecified atom stereocenters. The van der Waals surface area contributed by atoms with Crippen molar-refractivity contribution < 1.29 is 13.9 Å². The summed E-state index contributed by atoms with van der Waals surface area (Å²) in [6.45, 7) is 1.92. The number of hydrogen-bond acceptors (Lipinski definition) is 2. The third-order valence-corrected chi connectivity index (χ3v) is 4.84. The molecule has 0 radical (unpaired) electrons. The van der Waals surface area contributed by atoms with Gasteiger partial charge < -0.3 is 9.72 Å². The van der Waals surface area contributed by atoms with Gasteiger partial charge in [0.2, 0.25) is 0 Å². The Morgan fingerprint density at radius 1 is 1.27 bits per heavy atom. The second kappa shape index (κ2) is 7.52. The van der Waals surface area contributed by atoms with Crippen molar-refractivity contribution in [1.29, 1.82) is 0 Å². The molecule has 6 heteroatoms. The molecule has 26 heavy (non-hydrogen) atoms. The highest BCUT2D eigenvalue weighted by Crippen LogP contribution is 2.30. The number of carbonyl (C=O) groups excluding carboxylic acids is 1. The first kappa shape index (κ1) is 18.5. The van der Waals surface area contributed by atoms with E-state index in [1.165, 1.54) is 31.4 Å². The molecule has 0 aliphatic heterocycles. The molecule has 3 rings (SSSR count). The Bertz CT molecular complexity index is 1020. The smallest absolute Gasteiger partial charge is 0.330 e. The number of carbonyl (C=O) groups is 1. The quantitative estimate of drug-likeness (QED) is 0.457. The molecule has 0 bridgehead atoms. The Morgan fingerprint density at radius 2 is 2.04 bits per heavy atom. The van der Waals surface area contributed by atoms with Gasteiger partial charge in [-0.15, -0.1) is 0 Å². The molecule has 0 aliphatic carbocycles. The lowest BCUT2D eigenvalue weighted by Crippen LogP contribution is -1.93. The summed E-state index contributed by atoms with van der Waals surface area (Å²) in [5.74, 6) is -0.876. The first-order valence-electron chi connectivity index (χ1n) is 7.89. The zero-order valence-electron chi connectivity index (χ0n) is 14.2. The van der Waals surface area contributed by atoms with Crippen LogP contribution in [0.4, 0.5) is 4.39 Å². The number of halogens is 3. The maximum atomic E-state index is 14.0.